The van der Waals surface area contributed by atoms with Gasteiger partial charge in [0.25, 0.3) is 0 Å². The lowest BCUT2D eigenvalue weighted by molar-refractivity contribution is 0.0550. The second-order valence-electron chi connectivity index (χ2n) is 6.12. The molecule has 102 valence electrons. The molecule has 1 aromatic carbocycles. The highest BCUT2D eigenvalue weighted by molar-refractivity contribution is 5.80. The van der Waals surface area contributed by atoms with Gasteiger partial charge in [0.2, 0.25) is 0 Å². The lowest BCUT2D eigenvalue weighted by Crippen LogP contribution is -2.19. The topological polar surface area (TPSA) is 33.4 Å². The molecule has 3 rings (SSSR count). The van der Waals surface area contributed by atoms with Crippen LogP contribution in [0.15, 0.2) is 28.7 Å². The smallest absolute Gasteiger partial charge is 0.137 e. The van der Waals surface area contributed by atoms with Gasteiger partial charge < -0.3 is 9.52 Å². The van der Waals surface area contributed by atoms with Gasteiger partial charge in [-0.15, -0.1) is 0 Å². The van der Waals surface area contributed by atoms with E-state index in [1.807, 2.05) is 31.2 Å². The van der Waals surface area contributed by atoms with Gasteiger partial charge in [0.1, 0.15) is 17.4 Å². The summed E-state index contributed by atoms with van der Waals surface area (Å²) in [6.07, 6.45) is 4.29. The van der Waals surface area contributed by atoms with Gasteiger partial charge in [-0.05, 0) is 43.2 Å². The lowest BCUT2D eigenvalue weighted by atomic mass is 9.79. The fourth-order valence-electron chi connectivity index (χ4n) is 3.37. The second kappa shape index (κ2) is 5.01. The molecule has 2 heteroatoms. The zero-order valence-electron chi connectivity index (χ0n) is 11.7. The monoisotopic (exact) mass is 258 g/mol. The van der Waals surface area contributed by atoms with E-state index in [4.69, 9.17) is 4.42 Å². The molecule has 0 saturated heterocycles. The van der Waals surface area contributed by atoms with E-state index >= 15 is 0 Å². The van der Waals surface area contributed by atoms with E-state index in [9.17, 15) is 5.11 Å². The van der Waals surface area contributed by atoms with Crippen LogP contribution in [0.3, 0.4) is 0 Å². The van der Waals surface area contributed by atoms with Crippen molar-refractivity contribution in [1.82, 2.24) is 0 Å². The molecular weight excluding hydrogens is 236 g/mol. The average Bonchev–Trinajstić information content (AvgIpc) is 2.83. The van der Waals surface area contributed by atoms with Gasteiger partial charge >= 0.3 is 0 Å². The lowest BCUT2D eigenvalue weighted by Gasteiger charge is -2.29. The van der Waals surface area contributed by atoms with Crippen molar-refractivity contribution in [3.8, 4) is 0 Å². The highest BCUT2D eigenvalue weighted by atomic mass is 16.4. The molecular formula is C17H22O2. The van der Waals surface area contributed by atoms with E-state index in [1.54, 1.807) is 0 Å². The van der Waals surface area contributed by atoms with E-state index in [-0.39, 0.29) is 0 Å². The van der Waals surface area contributed by atoms with Crippen LogP contribution in [0.25, 0.3) is 11.0 Å². The Kier molecular flexibility index (Phi) is 3.36. The van der Waals surface area contributed by atoms with Crippen LogP contribution in [0.1, 0.15) is 50.0 Å². The van der Waals surface area contributed by atoms with Crippen molar-refractivity contribution in [2.75, 3.05) is 0 Å². The number of rotatable bonds is 2. The molecule has 0 aliphatic heterocycles. The van der Waals surface area contributed by atoms with Crippen molar-refractivity contribution in [3.05, 3.63) is 35.6 Å². The molecule has 1 heterocycles. The largest absolute Gasteiger partial charge is 0.458 e. The van der Waals surface area contributed by atoms with Crippen molar-refractivity contribution >= 4 is 11.0 Å². The molecule has 2 aromatic rings. The molecule has 1 N–H and O–H groups in total. The molecule has 0 bridgehead atoms. The summed E-state index contributed by atoms with van der Waals surface area (Å²) in [5, 5.41) is 11.7. The molecule has 0 amide bonds. The summed E-state index contributed by atoms with van der Waals surface area (Å²) in [4.78, 5) is 0. The first kappa shape index (κ1) is 12.7. The van der Waals surface area contributed by atoms with Crippen LogP contribution in [0.4, 0.5) is 0 Å². The van der Waals surface area contributed by atoms with Crippen LogP contribution in [-0.4, -0.2) is 5.11 Å². The molecule has 3 unspecified atom stereocenters. The summed E-state index contributed by atoms with van der Waals surface area (Å²) >= 11 is 0. The number of fused-ring (bicyclic) bond motifs is 1. The van der Waals surface area contributed by atoms with Crippen molar-refractivity contribution in [2.45, 2.75) is 45.6 Å². The van der Waals surface area contributed by atoms with E-state index in [0.29, 0.717) is 5.92 Å². The van der Waals surface area contributed by atoms with Crippen molar-refractivity contribution in [1.29, 1.82) is 0 Å². The first-order valence-electron chi connectivity index (χ1n) is 7.32. The zero-order valence-corrected chi connectivity index (χ0v) is 11.7. The summed E-state index contributed by atoms with van der Waals surface area (Å²) in [5.41, 5.74) is 2.05. The number of benzene rings is 1. The SMILES string of the molecule is Cc1cccc2cc(C(O)C3CCCC(C)C3)oc12. The summed E-state index contributed by atoms with van der Waals surface area (Å²) < 4.78 is 5.90. The average molecular weight is 258 g/mol. The minimum Gasteiger partial charge on any atom is -0.458 e. The molecule has 0 radical (unpaired) electrons. The van der Waals surface area contributed by atoms with Crippen LogP contribution in [0.2, 0.25) is 0 Å². The number of hydrogen-bond donors (Lipinski definition) is 1. The van der Waals surface area contributed by atoms with Gasteiger partial charge in [0.05, 0.1) is 0 Å². The second-order valence-corrected chi connectivity index (χ2v) is 6.12. The Morgan fingerprint density at radius 2 is 2.16 bits per heavy atom. The first-order chi connectivity index (χ1) is 9.15. The van der Waals surface area contributed by atoms with Crippen LogP contribution < -0.4 is 0 Å². The Morgan fingerprint density at radius 1 is 1.32 bits per heavy atom. The van der Waals surface area contributed by atoms with Crippen molar-refractivity contribution < 1.29 is 9.52 Å². The summed E-state index contributed by atoms with van der Waals surface area (Å²) in [6.45, 7) is 4.33. The maximum absolute atomic E-state index is 10.6. The molecule has 2 nitrogen and oxygen atoms in total. The minimum atomic E-state index is -0.449. The fraction of sp³-hybridized carbons (Fsp3) is 0.529. The highest BCUT2D eigenvalue weighted by Crippen LogP contribution is 2.38. The first-order valence-corrected chi connectivity index (χ1v) is 7.32. The molecule has 1 fully saturated rings. The molecule has 3 atom stereocenters. The predicted octanol–water partition coefficient (Wildman–Crippen LogP) is 4.60. The maximum Gasteiger partial charge on any atom is 0.137 e. The molecule has 1 aliphatic rings. The van der Waals surface area contributed by atoms with E-state index in [1.165, 1.54) is 12.8 Å². The highest BCUT2D eigenvalue weighted by Gasteiger charge is 2.28. The van der Waals surface area contributed by atoms with E-state index < -0.39 is 6.10 Å². The quantitative estimate of drug-likeness (QED) is 0.854. The van der Waals surface area contributed by atoms with E-state index in [2.05, 4.69) is 6.92 Å². The van der Waals surface area contributed by atoms with Gasteiger partial charge in [0, 0.05) is 5.39 Å². The number of aliphatic hydroxyl groups is 1. The number of aliphatic hydroxyl groups excluding tert-OH is 1. The predicted molar refractivity (Wildman–Crippen MR) is 77.0 cm³/mol. The Hall–Kier alpha value is -1.28. The number of hydrogen-bond acceptors (Lipinski definition) is 2. The van der Waals surface area contributed by atoms with Crippen LogP contribution in [-0.2, 0) is 0 Å². The van der Waals surface area contributed by atoms with Crippen molar-refractivity contribution in [2.24, 2.45) is 11.8 Å². The van der Waals surface area contributed by atoms with Gasteiger partial charge in [-0.2, -0.15) is 0 Å². The normalized spacial score (nSPS) is 25.6. The summed E-state index contributed by atoms with van der Waals surface area (Å²) in [7, 11) is 0. The Labute approximate surface area is 114 Å². The molecule has 1 aromatic heterocycles. The van der Waals surface area contributed by atoms with Gasteiger partial charge in [0.15, 0.2) is 0 Å². The molecule has 0 spiro atoms. The number of aryl methyl sites for hydroxylation is 1. The number of para-hydroxylation sites is 1. The third kappa shape index (κ3) is 2.42. The van der Waals surface area contributed by atoms with Gasteiger partial charge in [-0.1, -0.05) is 38.0 Å². The molecule has 1 aliphatic carbocycles. The maximum atomic E-state index is 10.6. The van der Waals surface area contributed by atoms with Crippen LogP contribution in [0, 0.1) is 18.8 Å². The minimum absolute atomic E-state index is 0.351. The summed E-state index contributed by atoms with van der Waals surface area (Å²) in [5.74, 6) is 1.81. The Balaban J connectivity index is 1.88. The van der Waals surface area contributed by atoms with Crippen LogP contribution >= 0.6 is 0 Å². The van der Waals surface area contributed by atoms with Gasteiger partial charge in [-0.3, -0.25) is 0 Å². The fourth-order valence-corrected chi connectivity index (χ4v) is 3.37. The van der Waals surface area contributed by atoms with E-state index in [0.717, 1.165) is 41.1 Å². The Morgan fingerprint density at radius 3 is 2.89 bits per heavy atom. The number of furan rings is 1. The Bertz CT molecular complexity index is 570. The summed E-state index contributed by atoms with van der Waals surface area (Å²) in [6, 6.07) is 8.13. The standard InChI is InChI=1S/C17H22O2/c1-11-5-3-7-13(9-11)16(18)15-10-14-8-4-6-12(2)17(14)19-15/h4,6,8,10-11,13,16,18H,3,5,7,9H2,1-2H3. The molecule has 19 heavy (non-hydrogen) atoms. The third-order valence-corrected chi connectivity index (χ3v) is 4.48. The van der Waals surface area contributed by atoms with Crippen molar-refractivity contribution in [3.63, 3.8) is 0 Å². The zero-order chi connectivity index (χ0) is 13.4. The van der Waals surface area contributed by atoms with Gasteiger partial charge in [-0.25, -0.2) is 0 Å². The molecule has 1 saturated carbocycles. The third-order valence-electron chi connectivity index (χ3n) is 4.48. The van der Waals surface area contributed by atoms with Crippen LogP contribution in [0.5, 0.6) is 0 Å².